The second-order valence-electron chi connectivity index (χ2n) is 11.2. The number of ether oxygens (including phenoxy) is 3. The number of thiophene rings is 1. The first-order chi connectivity index (χ1) is 19.5. The van der Waals surface area contributed by atoms with Crippen LogP contribution in [0.25, 0.3) is 21.3 Å². The zero-order valence-electron chi connectivity index (χ0n) is 22.6. The molecule has 3 atom stereocenters. The summed E-state index contributed by atoms with van der Waals surface area (Å²) in [4.78, 5) is 57.3. The zero-order valence-corrected chi connectivity index (χ0v) is 24.1. The van der Waals surface area contributed by atoms with Gasteiger partial charge < -0.3 is 19.3 Å². The zero-order chi connectivity index (χ0) is 29.2. The lowest BCUT2D eigenvalue weighted by Gasteiger charge is -2.36. The SMILES string of the molecule is COc1ccc(-c2c(Cl)c(CN3C(=O)COC3=O)nc3sc4c(c23)CC[C@H](C(=O)O)C4[C@H]2C(=O)OCC2(C)C)cc1. The first-order valence-electron chi connectivity index (χ1n) is 13.2. The number of hydrogen-bond acceptors (Lipinski definition) is 9. The fourth-order valence-corrected chi connectivity index (χ4v) is 8.04. The Morgan fingerprint density at radius 1 is 1.22 bits per heavy atom. The highest BCUT2D eigenvalue weighted by Crippen LogP contribution is 2.55. The summed E-state index contributed by atoms with van der Waals surface area (Å²) in [5.74, 6) is -3.22. The minimum absolute atomic E-state index is 0.179. The lowest BCUT2D eigenvalue weighted by Crippen LogP contribution is -2.38. The average molecular weight is 599 g/mol. The maximum atomic E-state index is 13.1. The van der Waals surface area contributed by atoms with Crippen molar-refractivity contribution in [2.24, 2.45) is 17.3 Å². The molecule has 4 heterocycles. The molecule has 2 saturated heterocycles. The van der Waals surface area contributed by atoms with Gasteiger partial charge in [-0.2, -0.15) is 0 Å². The lowest BCUT2D eigenvalue weighted by atomic mass is 9.65. The van der Waals surface area contributed by atoms with Crippen LogP contribution >= 0.6 is 22.9 Å². The number of carbonyl (C=O) groups excluding carboxylic acids is 3. The van der Waals surface area contributed by atoms with E-state index in [9.17, 15) is 24.3 Å². The predicted octanol–water partition coefficient (Wildman–Crippen LogP) is 5.03. The molecule has 214 valence electrons. The number of carboxylic acids is 1. The molecule has 10 nitrogen and oxygen atoms in total. The first kappa shape index (κ1) is 27.5. The van der Waals surface area contributed by atoms with Crippen LogP contribution in [0.2, 0.25) is 5.02 Å². The third kappa shape index (κ3) is 4.42. The molecule has 1 aromatic carbocycles. The number of nitrogens with zero attached hydrogens (tertiary/aromatic N) is 2. The second-order valence-corrected chi connectivity index (χ2v) is 12.6. The summed E-state index contributed by atoms with van der Waals surface area (Å²) in [6, 6.07) is 7.33. The standard InChI is InChI=1S/C29H27ClN2O8S/c1-29(2)12-40-27(36)22(29)21-16(26(34)35)9-8-15-20-19(13-4-6-14(38-3)7-5-13)23(30)17(31-25(20)41-24(15)21)10-32-18(33)11-39-28(32)37/h4-7,16,21-22H,8-12H2,1-3H3,(H,34,35)/t16-,21?,22-/m0/s1. The van der Waals surface area contributed by atoms with Crippen molar-refractivity contribution in [1.82, 2.24) is 9.88 Å². The van der Waals surface area contributed by atoms with Gasteiger partial charge in [0.25, 0.3) is 5.91 Å². The molecule has 1 aliphatic carbocycles. The van der Waals surface area contributed by atoms with Crippen LogP contribution in [0.15, 0.2) is 24.3 Å². The van der Waals surface area contributed by atoms with E-state index >= 15 is 0 Å². The van der Waals surface area contributed by atoms with E-state index in [1.807, 2.05) is 26.0 Å². The number of carboxylic acid groups (broad SMARTS) is 1. The van der Waals surface area contributed by atoms with Crippen molar-refractivity contribution in [3.05, 3.63) is 45.4 Å². The van der Waals surface area contributed by atoms with Crippen molar-refractivity contribution >= 4 is 57.1 Å². The smallest absolute Gasteiger partial charge is 0.417 e. The van der Waals surface area contributed by atoms with Gasteiger partial charge in [0.2, 0.25) is 0 Å². The minimum Gasteiger partial charge on any atom is -0.497 e. The number of hydrogen-bond donors (Lipinski definition) is 1. The molecule has 0 spiro atoms. The Labute approximate surface area is 244 Å². The quantitative estimate of drug-likeness (QED) is 0.388. The number of cyclic esters (lactones) is 2. The maximum Gasteiger partial charge on any atom is 0.417 e. The van der Waals surface area contributed by atoms with Crippen LogP contribution < -0.4 is 4.74 Å². The second kappa shape index (κ2) is 9.99. The van der Waals surface area contributed by atoms with Crippen molar-refractivity contribution in [1.29, 1.82) is 0 Å². The van der Waals surface area contributed by atoms with Crippen LogP contribution in [0.4, 0.5) is 4.79 Å². The van der Waals surface area contributed by atoms with Gasteiger partial charge in [-0.05, 0) is 36.1 Å². The number of rotatable bonds is 6. The number of halogens is 1. The van der Waals surface area contributed by atoms with Crippen LogP contribution in [0.5, 0.6) is 5.75 Å². The van der Waals surface area contributed by atoms with E-state index < -0.39 is 47.1 Å². The Balaban J connectivity index is 1.60. The van der Waals surface area contributed by atoms with Crippen LogP contribution in [-0.4, -0.2) is 59.3 Å². The summed E-state index contributed by atoms with van der Waals surface area (Å²) in [6.07, 6.45) is 0.0345. The summed E-state index contributed by atoms with van der Waals surface area (Å²) < 4.78 is 15.6. The van der Waals surface area contributed by atoms with Crippen LogP contribution in [-0.2, 0) is 36.8 Å². The third-order valence-corrected chi connectivity index (χ3v) is 9.94. The number of fused-ring (bicyclic) bond motifs is 3. The number of aromatic nitrogens is 1. The van der Waals surface area contributed by atoms with Crippen molar-refractivity contribution < 1.29 is 38.5 Å². The number of methoxy groups -OCH3 is 1. The number of pyridine rings is 1. The molecule has 0 radical (unpaired) electrons. The molecule has 0 bridgehead atoms. The number of carbonyl (C=O) groups is 4. The largest absolute Gasteiger partial charge is 0.497 e. The van der Waals surface area contributed by atoms with Gasteiger partial charge in [-0.1, -0.05) is 37.6 Å². The normalized spacial score (nSPS) is 23.5. The highest BCUT2D eigenvalue weighted by Gasteiger charge is 2.54. The van der Waals surface area contributed by atoms with Gasteiger partial charge in [-0.25, -0.2) is 14.7 Å². The van der Waals surface area contributed by atoms with Gasteiger partial charge in [-0.3, -0.25) is 14.4 Å². The fraction of sp³-hybridized carbons (Fsp3) is 0.414. The number of amides is 2. The lowest BCUT2D eigenvalue weighted by molar-refractivity contribution is -0.146. The number of imide groups is 1. The Kier molecular flexibility index (Phi) is 6.69. The van der Waals surface area contributed by atoms with Crippen molar-refractivity contribution in [3.8, 4) is 16.9 Å². The van der Waals surface area contributed by atoms with Crippen molar-refractivity contribution in [2.75, 3.05) is 20.3 Å². The molecule has 2 amide bonds. The summed E-state index contributed by atoms with van der Waals surface area (Å²) in [7, 11) is 1.57. The summed E-state index contributed by atoms with van der Waals surface area (Å²) in [5, 5.41) is 11.3. The fourth-order valence-electron chi connectivity index (χ4n) is 6.28. The van der Waals surface area contributed by atoms with Gasteiger partial charge in [0.15, 0.2) is 6.61 Å². The van der Waals surface area contributed by atoms with Gasteiger partial charge >= 0.3 is 18.0 Å². The number of esters is 1. The Morgan fingerprint density at radius 2 is 1.95 bits per heavy atom. The van der Waals surface area contributed by atoms with E-state index in [-0.39, 0.29) is 24.8 Å². The molecule has 2 aromatic heterocycles. The summed E-state index contributed by atoms with van der Waals surface area (Å²) in [5.41, 5.74) is 2.07. The molecular formula is C29H27ClN2O8S. The molecule has 2 fully saturated rings. The highest BCUT2D eigenvalue weighted by molar-refractivity contribution is 7.19. The monoisotopic (exact) mass is 598 g/mol. The van der Waals surface area contributed by atoms with Gasteiger partial charge in [0, 0.05) is 27.2 Å². The number of benzene rings is 1. The molecule has 12 heteroatoms. The van der Waals surface area contributed by atoms with E-state index in [1.165, 1.54) is 11.3 Å². The Morgan fingerprint density at radius 3 is 2.54 bits per heavy atom. The van der Waals surface area contributed by atoms with E-state index in [2.05, 4.69) is 0 Å². The van der Waals surface area contributed by atoms with Crippen LogP contribution in [0.3, 0.4) is 0 Å². The average Bonchev–Trinajstić information content (AvgIpc) is 3.56. The molecule has 1 unspecified atom stereocenters. The molecule has 2 aliphatic heterocycles. The van der Waals surface area contributed by atoms with Crippen LogP contribution in [0.1, 0.15) is 42.3 Å². The Bertz CT molecular complexity index is 1600. The number of aliphatic carboxylic acids is 1. The summed E-state index contributed by atoms with van der Waals surface area (Å²) >= 11 is 8.37. The predicted molar refractivity (Wildman–Crippen MR) is 149 cm³/mol. The maximum absolute atomic E-state index is 13.1. The van der Waals surface area contributed by atoms with Gasteiger partial charge in [-0.15, -0.1) is 11.3 Å². The molecule has 3 aromatic rings. The topological polar surface area (TPSA) is 132 Å². The number of aryl methyl sites for hydroxylation is 1. The van der Waals surface area contributed by atoms with Gasteiger partial charge in [0.1, 0.15) is 10.6 Å². The van der Waals surface area contributed by atoms with E-state index in [0.717, 1.165) is 26.3 Å². The van der Waals surface area contributed by atoms with Gasteiger partial charge in [0.05, 0.1) is 42.8 Å². The molecule has 3 aliphatic rings. The molecule has 0 saturated carbocycles. The molecular weight excluding hydrogens is 572 g/mol. The van der Waals surface area contributed by atoms with E-state index in [1.54, 1.807) is 19.2 Å². The first-order valence-corrected chi connectivity index (χ1v) is 14.4. The Hall–Kier alpha value is -3.70. The highest BCUT2D eigenvalue weighted by atomic mass is 35.5. The molecule has 41 heavy (non-hydrogen) atoms. The van der Waals surface area contributed by atoms with Crippen molar-refractivity contribution in [2.45, 2.75) is 39.2 Å². The molecule has 1 N–H and O–H groups in total. The summed E-state index contributed by atoms with van der Waals surface area (Å²) in [6.45, 7) is 3.53. The van der Waals surface area contributed by atoms with E-state index in [4.69, 9.17) is 30.8 Å². The van der Waals surface area contributed by atoms with Crippen LogP contribution in [0, 0.1) is 17.3 Å². The van der Waals surface area contributed by atoms with Crippen molar-refractivity contribution in [3.63, 3.8) is 0 Å². The third-order valence-electron chi connectivity index (χ3n) is 8.31. The minimum atomic E-state index is -0.957. The van der Waals surface area contributed by atoms with E-state index in [0.29, 0.717) is 34.7 Å². The molecule has 6 rings (SSSR count).